The fourth-order valence-electron chi connectivity index (χ4n) is 4.66. The number of rotatable bonds is 10. The summed E-state index contributed by atoms with van der Waals surface area (Å²) in [5, 5.41) is 27.6. The smallest absolute Gasteiger partial charge is 0.409 e. The zero-order valence-electron chi connectivity index (χ0n) is 23.5. The summed E-state index contributed by atoms with van der Waals surface area (Å²) in [6.45, 7) is 2.04. The van der Waals surface area contributed by atoms with Crippen LogP contribution in [0.1, 0.15) is 57.7 Å². The Labute approximate surface area is 254 Å². The average Bonchev–Trinajstić information content (AvgIpc) is 3.01. The number of ether oxygens (including phenoxy) is 1. The maximum absolute atomic E-state index is 13.5. The summed E-state index contributed by atoms with van der Waals surface area (Å²) < 4.78 is 5.22. The summed E-state index contributed by atoms with van der Waals surface area (Å²) in [6.07, 6.45) is 0.308. The van der Waals surface area contributed by atoms with Crippen LogP contribution in [0.5, 0.6) is 5.75 Å². The lowest BCUT2D eigenvalue weighted by atomic mass is 9.93. The minimum absolute atomic E-state index is 0.141. The third-order valence-electron chi connectivity index (χ3n) is 6.72. The topological polar surface area (TPSA) is 141 Å². The first-order chi connectivity index (χ1) is 20.7. The molecule has 0 aromatic heterocycles. The first kappa shape index (κ1) is 30.6. The van der Waals surface area contributed by atoms with Gasteiger partial charge in [0, 0.05) is 27.8 Å². The number of halogens is 1. The minimum atomic E-state index is -1.31. The van der Waals surface area contributed by atoms with Crippen molar-refractivity contribution in [1.82, 2.24) is 5.32 Å². The zero-order valence-corrected chi connectivity index (χ0v) is 24.2. The van der Waals surface area contributed by atoms with Gasteiger partial charge in [-0.05, 0) is 60.0 Å². The average molecular weight is 597 g/mol. The van der Waals surface area contributed by atoms with E-state index >= 15 is 0 Å². The summed E-state index contributed by atoms with van der Waals surface area (Å²) in [5.41, 5.74) is 2.70. The van der Waals surface area contributed by atoms with Crippen LogP contribution >= 0.6 is 11.6 Å². The van der Waals surface area contributed by atoms with Crippen molar-refractivity contribution < 1.29 is 24.2 Å². The van der Waals surface area contributed by atoms with Gasteiger partial charge in [0.1, 0.15) is 5.75 Å². The highest BCUT2D eigenvalue weighted by molar-refractivity contribution is 6.31. The molecule has 0 heterocycles. The Hall–Kier alpha value is -5.33. The molecule has 1 atom stereocenters. The predicted octanol–water partition coefficient (Wildman–Crippen LogP) is 7.50. The van der Waals surface area contributed by atoms with E-state index in [2.05, 4.69) is 22.0 Å². The van der Waals surface area contributed by atoms with E-state index in [1.165, 1.54) is 37.4 Å². The van der Waals surface area contributed by atoms with E-state index in [-0.39, 0.29) is 34.5 Å². The molecule has 3 amide bonds. The molecule has 0 aliphatic carbocycles. The van der Waals surface area contributed by atoms with Gasteiger partial charge in [0.25, 0.3) is 11.8 Å². The van der Waals surface area contributed by atoms with E-state index in [1.807, 2.05) is 37.3 Å². The van der Waals surface area contributed by atoms with Crippen molar-refractivity contribution in [2.45, 2.75) is 25.8 Å². The fraction of sp³-hybridized carbons (Fsp3) is 0.152. The molecule has 4 aromatic rings. The van der Waals surface area contributed by atoms with E-state index < -0.39 is 12.0 Å². The van der Waals surface area contributed by atoms with Gasteiger partial charge < -0.3 is 20.5 Å². The number of carbonyl (C=O) groups is 3. The van der Waals surface area contributed by atoms with Crippen LogP contribution in [0.15, 0.2) is 84.9 Å². The quantitative estimate of drug-likeness (QED) is 0.149. The molecule has 0 spiro atoms. The monoisotopic (exact) mass is 596 g/mol. The predicted molar refractivity (Wildman–Crippen MR) is 166 cm³/mol. The van der Waals surface area contributed by atoms with Crippen molar-refractivity contribution in [3.63, 3.8) is 0 Å². The van der Waals surface area contributed by atoms with E-state index in [0.717, 1.165) is 18.4 Å². The molecular formula is C33H29ClN4O5. The third-order valence-corrected chi connectivity index (χ3v) is 6.95. The molecule has 4 N–H and O–H groups in total. The van der Waals surface area contributed by atoms with Crippen LogP contribution in [0.2, 0.25) is 5.02 Å². The van der Waals surface area contributed by atoms with Crippen molar-refractivity contribution in [2.24, 2.45) is 0 Å². The van der Waals surface area contributed by atoms with Gasteiger partial charge in [-0.1, -0.05) is 61.3 Å². The maximum Gasteiger partial charge on any atom is 0.409 e. The Morgan fingerprint density at radius 1 is 0.907 bits per heavy atom. The van der Waals surface area contributed by atoms with Crippen LogP contribution < -0.4 is 20.7 Å². The number of anilines is 2. The van der Waals surface area contributed by atoms with Crippen molar-refractivity contribution in [3.05, 3.63) is 112 Å². The molecule has 0 saturated carbocycles. The van der Waals surface area contributed by atoms with Gasteiger partial charge in [-0.15, -0.1) is 0 Å². The van der Waals surface area contributed by atoms with Crippen molar-refractivity contribution >= 4 is 40.9 Å². The summed E-state index contributed by atoms with van der Waals surface area (Å²) in [7, 11) is 1.45. The number of benzene rings is 4. The molecule has 1 unspecified atom stereocenters. The van der Waals surface area contributed by atoms with Crippen LogP contribution in [-0.4, -0.2) is 30.1 Å². The lowest BCUT2D eigenvalue weighted by Gasteiger charge is -2.19. The van der Waals surface area contributed by atoms with Gasteiger partial charge in [-0.2, -0.15) is 5.26 Å². The number of nitrogens with one attached hydrogen (secondary N) is 3. The van der Waals surface area contributed by atoms with Gasteiger partial charge in [0.05, 0.1) is 36.2 Å². The number of hydrogen-bond donors (Lipinski definition) is 4. The molecule has 0 fully saturated rings. The molecule has 0 bridgehead atoms. The number of amides is 3. The molecule has 0 aliphatic rings. The Morgan fingerprint density at radius 3 is 2.35 bits per heavy atom. The number of nitriles is 1. The van der Waals surface area contributed by atoms with Crippen LogP contribution in [0.3, 0.4) is 0 Å². The fourth-order valence-corrected chi connectivity index (χ4v) is 4.83. The van der Waals surface area contributed by atoms with Crippen molar-refractivity contribution in [2.75, 3.05) is 17.7 Å². The second-order valence-corrected chi connectivity index (χ2v) is 10.0. The summed E-state index contributed by atoms with van der Waals surface area (Å²) >= 11 is 6.31. The molecule has 4 aromatic carbocycles. The first-order valence-electron chi connectivity index (χ1n) is 13.4. The highest BCUT2D eigenvalue weighted by Crippen LogP contribution is 2.33. The van der Waals surface area contributed by atoms with Crippen LogP contribution in [0.4, 0.5) is 16.2 Å². The molecule has 0 radical (unpaired) electrons. The van der Waals surface area contributed by atoms with Crippen LogP contribution in [0.25, 0.3) is 11.1 Å². The van der Waals surface area contributed by atoms with Crippen LogP contribution in [0, 0.1) is 11.3 Å². The van der Waals surface area contributed by atoms with E-state index in [4.69, 9.17) is 16.3 Å². The Balaban J connectivity index is 1.67. The summed E-state index contributed by atoms with van der Waals surface area (Å²) in [4.78, 5) is 38.1. The molecule has 0 saturated heterocycles. The van der Waals surface area contributed by atoms with Gasteiger partial charge >= 0.3 is 6.09 Å². The van der Waals surface area contributed by atoms with E-state index in [1.54, 1.807) is 24.3 Å². The lowest BCUT2D eigenvalue weighted by Crippen LogP contribution is -2.28. The molecule has 43 heavy (non-hydrogen) atoms. The number of hydrogen-bond acceptors (Lipinski definition) is 5. The third kappa shape index (κ3) is 7.50. The van der Waals surface area contributed by atoms with Crippen LogP contribution in [-0.2, 0) is 0 Å². The number of nitrogens with zero attached hydrogens (tertiary/aromatic N) is 1. The SMILES string of the molecule is CCCC(NC(=O)c1ccc(-c2cc(Cl)ccc2C(=O)Nc2cc(OC)ccc2NC(=O)O)c(C#N)c1)c1ccccc1. The molecular weight excluding hydrogens is 568 g/mol. The number of carboxylic acid groups (broad SMARTS) is 1. The standard InChI is InChI=1S/C33H29ClN4O5/c1-3-7-28(20-8-5-4-6-9-20)36-31(39)21-10-13-25(22(16-21)19-35)27-17-23(34)11-14-26(27)32(40)37-30-18-24(43-2)12-15-29(30)38-33(41)42/h4-6,8-18,28,38H,3,7H2,1-2H3,(H,36,39)(H,37,40)(H,41,42). The van der Waals surface area contributed by atoms with Gasteiger partial charge in [-0.3, -0.25) is 14.9 Å². The lowest BCUT2D eigenvalue weighted by molar-refractivity contribution is 0.0933. The molecule has 9 nitrogen and oxygen atoms in total. The number of methoxy groups -OCH3 is 1. The minimum Gasteiger partial charge on any atom is -0.497 e. The van der Waals surface area contributed by atoms with Crippen molar-refractivity contribution in [3.8, 4) is 22.9 Å². The van der Waals surface area contributed by atoms with Gasteiger partial charge in [0.15, 0.2) is 0 Å². The maximum atomic E-state index is 13.5. The molecule has 10 heteroatoms. The molecule has 218 valence electrons. The Morgan fingerprint density at radius 2 is 1.67 bits per heavy atom. The Bertz CT molecular complexity index is 1700. The number of carbonyl (C=O) groups excluding carboxylic acids is 2. The summed E-state index contributed by atoms with van der Waals surface area (Å²) in [6, 6.07) is 25.4. The van der Waals surface area contributed by atoms with E-state index in [0.29, 0.717) is 27.5 Å². The van der Waals surface area contributed by atoms with Gasteiger partial charge in [0.2, 0.25) is 0 Å². The summed E-state index contributed by atoms with van der Waals surface area (Å²) in [5.74, 6) is -0.508. The Kier molecular flexibility index (Phi) is 9.99. The largest absolute Gasteiger partial charge is 0.497 e. The first-order valence-corrected chi connectivity index (χ1v) is 13.8. The molecule has 0 aliphatic heterocycles. The zero-order chi connectivity index (χ0) is 30.9. The second-order valence-electron chi connectivity index (χ2n) is 9.58. The van der Waals surface area contributed by atoms with Gasteiger partial charge in [-0.25, -0.2) is 4.79 Å². The molecule has 4 rings (SSSR count). The normalized spacial score (nSPS) is 11.1. The highest BCUT2D eigenvalue weighted by Gasteiger charge is 2.21. The highest BCUT2D eigenvalue weighted by atomic mass is 35.5. The van der Waals surface area contributed by atoms with E-state index in [9.17, 15) is 24.8 Å². The van der Waals surface area contributed by atoms with Crippen molar-refractivity contribution in [1.29, 1.82) is 5.26 Å². The second kappa shape index (κ2) is 14.0.